The van der Waals surface area contributed by atoms with Gasteiger partial charge >= 0.3 is 0 Å². The summed E-state index contributed by atoms with van der Waals surface area (Å²) in [5, 5.41) is 2.08. The van der Waals surface area contributed by atoms with E-state index in [1.165, 1.54) is 9.77 Å². The van der Waals surface area contributed by atoms with Crippen molar-refractivity contribution in [2.45, 2.75) is 4.90 Å². The van der Waals surface area contributed by atoms with Crippen molar-refractivity contribution in [3.8, 4) is 0 Å². The molecule has 0 unspecified atom stereocenters. The molecule has 2 heterocycles. The molecule has 1 aromatic heterocycles. The molecule has 0 aliphatic carbocycles. The van der Waals surface area contributed by atoms with Gasteiger partial charge < -0.3 is 0 Å². The van der Waals surface area contributed by atoms with Crippen molar-refractivity contribution in [1.29, 1.82) is 0 Å². The van der Waals surface area contributed by atoms with E-state index in [0.29, 0.717) is 0 Å². The number of thiophene rings is 1. The van der Waals surface area contributed by atoms with E-state index in [1.54, 1.807) is 23.3 Å². The van der Waals surface area contributed by atoms with E-state index in [1.807, 2.05) is 0 Å². The fraction of sp³-hybridized carbons (Fsp3) is 0.167. The van der Waals surface area contributed by atoms with Crippen molar-refractivity contribution in [2.24, 2.45) is 0 Å². The van der Waals surface area contributed by atoms with Gasteiger partial charge in [-0.2, -0.15) is 0 Å². The average Bonchev–Trinajstić information content (AvgIpc) is 2.36. The quantitative estimate of drug-likeness (QED) is 0.493. The lowest BCUT2D eigenvalue weighted by Crippen LogP contribution is -2.19. The lowest BCUT2D eigenvalue weighted by molar-refractivity contribution is 1.16. The molecular weight excluding hydrogens is 182 g/mol. The van der Waals surface area contributed by atoms with Crippen LogP contribution in [-0.4, -0.2) is 11.4 Å². The Morgan fingerprint density at radius 3 is 3.30 bits per heavy atom. The lowest BCUT2D eigenvalue weighted by Gasteiger charge is -2.11. The molecule has 1 aliphatic rings. The van der Waals surface area contributed by atoms with Crippen molar-refractivity contribution in [3.63, 3.8) is 0 Å². The third kappa shape index (κ3) is 1.01. The van der Waals surface area contributed by atoms with E-state index in [2.05, 4.69) is 16.2 Å². The summed E-state index contributed by atoms with van der Waals surface area (Å²) in [5.41, 5.74) is 0. The van der Waals surface area contributed by atoms with Crippen LogP contribution >= 0.6 is 35.5 Å². The first-order valence-corrected chi connectivity index (χ1v) is 4.99. The maximum absolute atomic E-state index is 5.15. The van der Waals surface area contributed by atoms with Crippen molar-refractivity contribution in [3.05, 3.63) is 16.3 Å². The van der Waals surface area contributed by atoms with E-state index < -0.39 is 0 Å². The number of nitrogens with one attached hydrogen (secondary N) is 1. The van der Waals surface area contributed by atoms with Gasteiger partial charge in [-0.25, -0.2) is 0 Å². The minimum absolute atomic E-state index is 0.841. The van der Waals surface area contributed by atoms with E-state index in [0.717, 1.165) is 11.4 Å². The predicted molar refractivity (Wildman–Crippen MR) is 49.9 cm³/mol. The Balaban J connectivity index is 2.50. The maximum Gasteiger partial charge on any atom is 0.0572 e. The monoisotopic (exact) mass is 187 g/mol. The zero-order valence-electron chi connectivity index (χ0n) is 5.09. The van der Waals surface area contributed by atoms with Crippen LogP contribution in [0.4, 0.5) is 0 Å². The van der Waals surface area contributed by atoms with Crippen molar-refractivity contribution < 1.29 is 0 Å². The summed E-state index contributed by atoms with van der Waals surface area (Å²) in [6, 6.07) is 2.10. The van der Waals surface area contributed by atoms with Gasteiger partial charge in [0.2, 0.25) is 0 Å². The van der Waals surface area contributed by atoms with Crippen molar-refractivity contribution in [2.75, 3.05) is 6.54 Å². The molecule has 1 aromatic rings. The van der Waals surface area contributed by atoms with Gasteiger partial charge in [0.15, 0.2) is 0 Å². The predicted octanol–water partition coefficient (Wildman–Crippen LogP) is 2.08. The van der Waals surface area contributed by atoms with Crippen LogP contribution in [0.2, 0.25) is 0 Å². The first kappa shape index (κ1) is 6.79. The Kier molecular flexibility index (Phi) is 1.78. The smallest absolute Gasteiger partial charge is 0.0572 e. The molecule has 1 nitrogen and oxygen atoms in total. The van der Waals surface area contributed by atoms with Crippen LogP contribution in [0.3, 0.4) is 0 Å². The van der Waals surface area contributed by atoms with Crippen LogP contribution in [0.5, 0.6) is 0 Å². The fourth-order valence-corrected chi connectivity index (χ4v) is 3.13. The molecule has 0 radical (unpaired) electrons. The van der Waals surface area contributed by atoms with Crippen LogP contribution in [0.1, 0.15) is 4.88 Å². The standard InChI is InChI=1S/C6H5NS3/c8-4-3-7-10-5-1-2-9-6(4)5/h1-2,7H,3H2. The lowest BCUT2D eigenvalue weighted by atomic mass is 10.3. The molecule has 52 valence electrons. The molecule has 0 amide bonds. The highest BCUT2D eigenvalue weighted by Crippen LogP contribution is 2.29. The highest BCUT2D eigenvalue weighted by atomic mass is 32.2. The fourth-order valence-electron chi connectivity index (χ4n) is 0.841. The summed E-state index contributed by atoms with van der Waals surface area (Å²) in [6.45, 7) is 0.841. The van der Waals surface area contributed by atoms with Crippen LogP contribution in [0, 0.1) is 0 Å². The van der Waals surface area contributed by atoms with Gasteiger partial charge in [0.1, 0.15) is 0 Å². The summed E-state index contributed by atoms with van der Waals surface area (Å²) in [7, 11) is 0. The third-order valence-electron chi connectivity index (χ3n) is 1.30. The average molecular weight is 187 g/mol. The summed E-state index contributed by atoms with van der Waals surface area (Å²) >= 11 is 8.55. The Morgan fingerprint density at radius 1 is 1.60 bits per heavy atom. The van der Waals surface area contributed by atoms with Crippen molar-refractivity contribution in [1.82, 2.24) is 4.72 Å². The topological polar surface area (TPSA) is 12.0 Å². The molecule has 1 aliphatic heterocycles. The number of rotatable bonds is 0. The highest BCUT2D eigenvalue weighted by Gasteiger charge is 2.14. The largest absolute Gasteiger partial charge is 0.255 e. The number of thiocarbonyl (C=S) groups is 1. The van der Waals surface area contributed by atoms with Crippen LogP contribution < -0.4 is 4.72 Å². The second-order valence-electron chi connectivity index (χ2n) is 1.96. The van der Waals surface area contributed by atoms with E-state index in [-0.39, 0.29) is 0 Å². The number of hydrogen-bond donors (Lipinski definition) is 1. The number of hydrogen-bond acceptors (Lipinski definition) is 4. The number of fused-ring (bicyclic) bond motifs is 1. The molecule has 0 fully saturated rings. The Labute approximate surface area is 73.0 Å². The molecule has 0 spiro atoms. The van der Waals surface area contributed by atoms with E-state index >= 15 is 0 Å². The molecule has 1 N–H and O–H groups in total. The second-order valence-corrected chi connectivity index (χ2v) is 4.30. The summed E-state index contributed by atoms with van der Waals surface area (Å²) < 4.78 is 3.16. The Morgan fingerprint density at radius 2 is 2.50 bits per heavy atom. The van der Waals surface area contributed by atoms with Gasteiger partial charge in [0.25, 0.3) is 0 Å². The minimum Gasteiger partial charge on any atom is -0.255 e. The summed E-state index contributed by atoms with van der Waals surface area (Å²) in [4.78, 5) is 3.60. The summed E-state index contributed by atoms with van der Waals surface area (Å²) in [6.07, 6.45) is 0. The van der Waals surface area contributed by atoms with Gasteiger partial charge in [-0.05, 0) is 23.4 Å². The Bertz CT molecular complexity index is 266. The molecule has 0 saturated heterocycles. The van der Waals surface area contributed by atoms with Crippen molar-refractivity contribution >= 4 is 40.4 Å². The molecular formula is C6H5NS3. The molecule has 0 saturated carbocycles. The Hall–Kier alpha value is 0.1000. The summed E-state index contributed by atoms with van der Waals surface area (Å²) in [5.74, 6) is 0. The van der Waals surface area contributed by atoms with E-state index in [9.17, 15) is 0 Å². The second kappa shape index (κ2) is 2.62. The molecule has 4 heteroatoms. The maximum atomic E-state index is 5.15. The van der Waals surface area contributed by atoms with Gasteiger partial charge in [0.05, 0.1) is 4.88 Å². The van der Waals surface area contributed by atoms with Crippen LogP contribution in [-0.2, 0) is 0 Å². The molecule has 2 rings (SSSR count). The van der Waals surface area contributed by atoms with E-state index in [4.69, 9.17) is 12.2 Å². The van der Waals surface area contributed by atoms with Crippen LogP contribution in [0.15, 0.2) is 16.3 Å². The molecule has 0 atom stereocenters. The molecule has 10 heavy (non-hydrogen) atoms. The van der Waals surface area contributed by atoms with Gasteiger partial charge in [0, 0.05) is 16.3 Å². The zero-order chi connectivity index (χ0) is 6.97. The minimum atomic E-state index is 0.841. The first-order valence-electron chi connectivity index (χ1n) is 2.88. The zero-order valence-corrected chi connectivity index (χ0v) is 7.54. The van der Waals surface area contributed by atoms with Gasteiger partial charge in [-0.1, -0.05) is 12.2 Å². The molecule has 0 bridgehead atoms. The van der Waals surface area contributed by atoms with Gasteiger partial charge in [-0.15, -0.1) is 11.3 Å². The third-order valence-corrected chi connectivity index (χ3v) is 3.73. The van der Waals surface area contributed by atoms with Gasteiger partial charge in [-0.3, -0.25) is 4.72 Å². The molecule has 0 aromatic carbocycles. The normalized spacial score (nSPS) is 17.0. The van der Waals surface area contributed by atoms with Crippen LogP contribution in [0.25, 0.3) is 0 Å². The highest BCUT2D eigenvalue weighted by molar-refractivity contribution is 7.98. The SMILES string of the molecule is S=C1CNSc2ccsc21. The first-order chi connectivity index (χ1) is 4.88.